The highest BCUT2D eigenvalue weighted by atomic mass is 35.5. The summed E-state index contributed by atoms with van der Waals surface area (Å²) in [4.78, 5) is 27.2. The molecule has 1 aromatic heterocycles. The minimum atomic E-state index is -5.23. The first-order valence-corrected chi connectivity index (χ1v) is 12.0. The molecular weight excluding hydrogens is 561 g/mol. The number of halogens is 6. The summed E-state index contributed by atoms with van der Waals surface area (Å²) in [6, 6.07) is 6.59. The largest absolute Gasteiger partial charge is 0.423 e. The molecule has 3 N–H and O–H groups in total. The first-order chi connectivity index (χ1) is 18.9. The highest BCUT2D eigenvalue weighted by molar-refractivity contribution is 6.31. The van der Waals surface area contributed by atoms with Gasteiger partial charge in [0.1, 0.15) is 17.2 Å². The lowest BCUT2D eigenvalue weighted by molar-refractivity contribution is -0.258. The van der Waals surface area contributed by atoms with Gasteiger partial charge in [-0.05, 0) is 48.5 Å². The summed E-state index contributed by atoms with van der Waals surface area (Å²) in [7, 11) is 0. The number of hydrogen-bond acceptors (Lipinski definition) is 5. The topological polar surface area (TPSA) is 107 Å². The molecule has 14 heteroatoms. The number of nitrogens with zero attached hydrogens (tertiary/aromatic N) is 3. The Morgan fingerprint density at radius 2 is 1.85 bits per heavy atom. The summed E-state index contributed by atoms with van der Waals surface area (Å²) in [5.41, 5.74) is -4.29. The van der Waals surface area contributed by atoms with Gasteiger partial charge in [0.2, 0.25) is 5.60 Å². The Balaban J connectivity index is 1.48. The minimum Gasteiger partial charge on any atom is -0.375 e. The number of carbonyl (C=O) groups excluding carboxylic acids is 2. The van der Waals surface area contributed by atoms with Crippen LogP contribution in [-0.4, -0.2) is 40.0 Å². The van der Waals surface area contributed by atoms with E-state index in [0.717, 1.165) is 24.3 Å². The van der Waals surface area contributed by atoms with Crippen molar-refractivity contribution in [2.24, 2.45) is 0 Å². The van der Waals surface area contributed by atoms with Crippen LogP contribution in [0.15, 0.2) is 54.7 Å². The van der Waals surface area contributed by atoms with Gasteiger partial charge in [-0.15, -0.1) is 5.10 Å². The number of benzene rings is 3. The standard InChI is InChI=1S/C26H15ClF5N5O3/c27-16-3-1-12(28)8-14(16)22-19-17(7-11-5-6-33-36-21(11)20(19)23(38)35-22)34-24(39)37-10-25(40,26(30,31)32)15-9-13(29)2-4-18(15)37/h1-9,22,40H,10H2,(H,34,39)(H,35,38). The monoisotopic (exact) mass is 575 g/mol. The fraction of sp³-hybridized carbons (Fsp3) is 0.154. The molecule has 3 amide bonds. The van der Waals surface area contributed by atoms with Crippen LogP contribution in [-0.2, 0) is 5.60 Å². The molecule has 204 valence electrons. The van der Waals surface area contributed by atoms with E-state index >= 15 is 0 Å². The van der Waals surface area contributed by atoms with Gasteiger partial charge < -0.3 is 15.7 Å². The van der Waals surface area contributed by atoms with Crippen molar-refractivity contribution in [2.75, 3.05) is 16.8 Å². The van der Waals surface area contributed by atoms with Crippen molar-refractivity contribution in [3.05, 3.63) is 93.6 Å². The first-order valence-electron chi connectivity index (χ1n) is 11.6. The van der Waals surface area contributed by atoms with E-state index in [4.69, 9.17) is 11.6 Å². The fourth-order valence-electron chi connectivity index (χ4n) is 5.11. The van der Waals surface area contributed by atoms with Gasteiger partial charge in [-0.3, -0.25) is 9.69 Å². The van der Waals surface area contributed by atoms with Crippen molar-refractivity contribution in [3.63, 3.8) is 0 Å². The Bertz CT molecular complexity index is 1750. The lowest BCUT2D eigenvalue weighted by atomic mass is 9.94. The van der Waals surface area contributed by atoms with Gasteiger partial charge >= 0.3 is 12.2 Å². The smallest absolute Gasteiger partial charge is 0.375 e. The van der Waals surface area contributed by atoms with Crippen LogP contribution < -0.4 is 15.5 Å². The molecule has 40 heavy (non-hydrogen) atoms. The van der Waals surface area contributed by atoms with Crippen molar-refractivity contribution in [1.29, 1.82) is 0 Å². The number of fused-ring (bicyclic) bond motifs is 4. The van der Waals surface area contributed by atoms with Gasteiger partial charge in [0.05, 0.1) is 30.0 Å². The average molecular weight is 576 g/mol. The van der Waals surface area contributed by atoms with Crippen LogP contribution in [0.1, 0.15) is 33.1 Å². The predicted octanol–water partition coefficient (Wildman–Crippen LogP) is 5.20. The second kappa shape index (κ2) is 8.83. The molecule has 0 saturated heterocycles. The Kier molecular flexibility index (Phi) is 5.71. The predicted molar refractivity (Wildman–Crippen MR) is 133 cm³/mol. The van der Waals surface area contributed by atoms with E-state index in [1.54, 1.807) is 0 Å². The summed E-state index contributed by atoms with van der Waals surface area (Å²) in [6.07, 6.45) is -3.90. The Labute approximate surface area is 226 Å². The van der Waals surface area contributed by atoms with Crippen molar-refractivity contribution >= 4 is 45.8 Å². The van der Waals surface area contributed by atoms with Crippen LogP contribution in [0.25, 0.3) is 10.9 Å². The number of amides is 3. The third-order valence-corrected chi connectivity index (χ3v) is 7.29. The number of nitrogens with one attached hydrogen (secondary N) is 2. The summed E-state index contributed by atoms with van der Waals surface area (Å²) < 4.78 is 69.7. The molecule has 0 aliphatic carbocycles. The highest BCUT2D eigenvalue weighted by Gasteiger charge is 2.61. The van der Waals surface area contributed by atoms with Gasteiger partial charge in [0, 0.05) is 32.8 Å². The third-order valence-electron chi connectivity index (χ3n) is 6.95. The van der Waals surface area contributed by atoms with Crippen molar-refractivity contribution in [1.82, 2.24) is 15.5 Å². The zero-order valence-electron chi connectivity index (χ0n) is 19.9. The minimum absolute atomic E-state index is 0.00178. The van der Waals surface area contributed by atoms with Crippen molar-refractivity contribution in [2.45, 2.75) is 17.8 Å². The molecule has 2 atom stereocenters. The zero-order chi connectivity index (χ0) is 28.6. The van der Waals surface area contributed by atoms with Gasteiger partial charge in [-0.2, -0.15) is 18.3 Å². The number of anilines is 2. The maximum absolute atomic E-state index is 14.2. The second-order valence-corrected chi connectivity index (χ2v) is 9.70. The maximum atomic E-state index is 14.2. The molecule has 4 aromatic rings. The number of β-amino-alcohol motifs (C(OH)–C–C–N with tert-alkyl or cyclic N) is 1. The van der Waals surface area contributed by atoms with Crippen LogP contribution in [0.5, 0.6) is 0 Å². The molecule has 2 aliphatic rings. The van der Waals surface area contributed by atoms with Gasteiger partial charge in [-0.1, -0.05) is 11.6 Å². The van der Waals surface area contributed by atoms with E-state index in [9.17, 15) is 36.6 Å². The van der Waals surface area contributed by atoms with E-state index < -0.39 is 53.5 Å². The Hall–Kier alpha value is -4.36. The molecule has 0 bridgehead atoms. The molecule has 3 heterocycles. The summed E-state index contributed by atoms with van der Waals surface area (Å²) in [5, 5.41) is 24.0. The highest BCUT2D eigenvalue weighted by Crippen LogP contribution is 2.49. The quantitative estimate of drug-likeness (QED) is 0.285. The molecule has 2 unspecified atom stereocenters. The second-order valence-electron chi connectivity index (χ2n) is 9.29. The molecule has 0 fully saturated rings. The van der Waals surface area contributed by atoms with E-state index in [1.165, 1.54) is 24.4 Å². The van der Waals surface area contributed by atoms with Gasteiger partial charge in [0.15, 0.2) is 0 Å². The maximum Gasteiger partial charge on any atom is 0.423 e. The third kappa shape index (κ3) is 3.84. The van der Waals surface area contributed by atoms with Crippen LogP contribution in [0, 0.1) is 11.6 Å². The number of aromatic nitrogens is 2. The summed E-state index contributed by atoms with van der Waals surface area (Å²) in [6.45, 7) is -1.25. The number of hydrogen-bond donors (Lipinski definition) is 3. The van der Waals surface area contributed by atoms with E-state index in [2.05, 4.69) is 20.8 Å². The number of alkyl halides is 3. The zero-order valence-corrected chi connectivity index (χ0v) is 20.6. The SMILES string of the molecule is O=C1NC(c2cc(F)ccc2Cl)c2c(NC(=O)N3CC(O)(C(F)(F)F)c4cc(F)ccc43)cc3ccnnc3c21. The molecule has 3 aromatic carbocycles. The van der Waals surface area contributed by atoms with Crippen LogP contribution in [0.2, 0.25) is 5.02 Å². The normalized spacial score (nSPS) is 19.9. The molecule has 6 rings (SSSR count). The molecule has 0 saturated carbocycles. The average Bonchev–Trinajstić information content (AvgIpc) is 3.41. The van der Waals surface area contributed by atoms with Crippen molar-refractivity contribution < 1.29 is 36.6 Å². The van der Waals surface area contributed by atoms with E-state index in [-0.39, 0.29) is 38.6 Å². The van der Waals surface area contributed by atoms with Gasteiger partial charge in [-0.25, -0.2) is 13.6 Å². The van der Waals surface area contributed by atoms with Crippen LogP contribution >= 0.6 is 11.6 Å². The molecular formula is C26H15ClF5N5O3. The Morgan fingerprint density at radius 3 is 2.60 bits per heavy atom. The fourth-order valence-corrected chi connectivity index (χ4v) is 5.33. The lowest BCUT2D eigenvalue weighted by Gasteiger charge is -2.27. The van der Waals surface area contributed by atoms with Crippen molar-refractivity contribution in [3.8, 4) is 0 Å². The first kappa shape index (κ1) is 25.9. The van der Waals surface area contributed by atoms with Crippen LogP contribution in [0.3, 0.4) is 0 Å². The number of rotatable bonds is 2. The van der Waals surface area contributed by atoms with Gasteiger partial charge in [0.25, 0.3) is 5.91 Å². The number of urea groups is 1. The summed E-state index contributed by atoms with van der Waals surface area (Å²) in [5.74, 6) is -2.31. The molecule has 0 radical (unpaired) electrons. The number of aliphatic hydroxyl groups is 1. The number of carbonyl (C=O) groups is 2. The lowest BCUT2D eigenvalue weighted by Crippen LogP contribution is -2.48. The summed E-state index contributed by atoms with van der Waals surface area (Å²) >= 11 is 6.31. The van der Waals surface area contributed by atoms with E-state index in [1.807, 2.05) is 0 Å². The molecule has 2 aliphatic heterocycles. The Morgan fingerprint density at radius 1 is 1.12 bits per heavy atom. The molecule has 8 nitrogen and oxygen atoms in total. The van der Waals surface area contributed by atoms with E-state index in [0.29, 0.717) is 16.4 Å². The molecule has 0 spiro atoms. The van der Waals surface area contributed by atoms with Crippen LogP contribution in [0.4, 0.5) is 38.1 Å².